The molecule has 0 saturated heterocycles. The quantitative estimate of drug-likeness (QED) is 0.773. The first-order valence-electron chi connectivity index (χ1n) is 6.69. The maximum atomic E-state index is 11.6. The summed E-state index contributed by atoms with van der Waals surface area (Å²) in [5, 5.41) is 13.7. The van der Waals surface area contributed by atoms with Gasteiger partial charge in [0.15, 0.2) is 0 Å². The predicted octanol–water partition coefficient (Wildman–Crippen LogP) is 2.51. The zero-order valence-electron chi connectivity index (χ0n) is 11.5. The lowest BCUT2D eigenvalue weighted by molar-refractivity contribution is -0.150. The van der Waals surface area contributed by atoms with Crippen LogP contribution in [0.15, 0.2) is 6.33 Å². The summed E-state index contributed by atoms with van der Waals surface area (Å²) in [6.07, 6.45) is 5.23. The Labute approximate surface area is 108 Å². The summed E-state index contributed by atoms with van der Waals surface area (Å²) in [5.74, 6) is 0.0574. The van der Waals surface area contributed by atoms with Gasteiger partial charge in [0.2, 0.25) is 0 Å². The Morgan fingerprint density at radius 3 is 2.67 bits per heavy atom. The van der Waals surface area contributed by atoms with E-state index in [1.807, 2.05) is 13.8 Å². The first kappa shape index (κ1) is 14.7. The van der Waals surface area contributed by atoms with Crippen molar-refractivity contribution in [2.75, 3.05) is 0 Å². The molecule has 0 aliphatic rings. The molecule has 5 nitrogen and oxygen atoms in total. The fourth-order valence-electron chi connectivity index (χ4n) is 2.23. The van der Waals surface area contributed by atoms with Gasteiger partial charge in [-0.25, -0.2) is 4.98 Å². The largest absolute Gasteiger partial charge is 0.481 e. The van der Waals surface area contributed by atoms with E-state index in [9.17, 15) is 9.90 Å². The minimum Gasteiger partial charge on any atom is -0.481 e. The minimum absolute atomic E-state index is 0.465. The Kier molecular flexibility index (Phi) is 5.31. The first-order valence-corrected chi connectivity index (χ1v) is 6.69. The van der Waals surface area contributed by atoms with Crippen molar-refractivity contribution in [1.82, 2.24) is 14.8 Å². The molecule has 0 amide bonds. The van der Waals surface area contributed by atoms with Gasteiger partial charge in [-0.05, 0) is 19.8 Å². The molecule has 1 N–H and O–H groups in total. The average Bonchev–Trinajstić information content (AvgIpc) is 2.81. The fraction of sp³-hybridized carbons (Fsp3) is 0.769. The SMILES string of the molecule is CCCCC(CC)(Cc1ncnn1CC)C(=O)O. The minimum atomic E-state index is -0.718. The Hall–Kier alpha value is -1.39. The van der Waals surface area contributed by atoms with Crippen LogP contribution >= 0.6 is 0 Å². The van der Waals surface area contributed by atoms with Gasteiger partial charge in [-0.3, -0.25) is 9.48 Å². The number of nitrogens with zero attached hydrogens (tertiary/aromatic N) is 3. The van der Waals surface area contributed by atoms with Crippen molar-refractivity contribution in [3.8, 4) is 0 Å². The van der Waals surface area contributed by atoms with Gasteiger partial charge in [0, 0.05) is 13.0 Å². The van der Waals surface area contributed by atoms with E-state index in [0.29, 0.717) is 19.3 Å². The lowest BCUT2D eigenvalue weighted by Gasteiger charge is -2.27. The Morgan fingerprint density at radius 1 is 1.44 bits per heavy atom. The Balaban J connectivity index is 2.93. The maximum absolute atomic E-state index is 11.6. The van der Waals surface area contributed by atoms with Gasteiger partial charge >= 0.3 is 5.97 Å². The number of hydrogen-bond acceptors (Lipinski definition) is 3. The van der Waals surface area contributed by atoms with Crippen molar-refractivity contribution in [3.05, 3.63) is 12.2 Å². The van der Waals surface area contributed by atoms with Crippen LogP contribution in [0.1, 0.15) is 52.3 Å². The molecule has 1 heterocycles. The number of aryl methyl sites for hydroxylation is 1. The van der Waals surface area contributed by atoms with Crippen LogP contribution in [0.5, 0.6) is 0 Å². The molecule has 0 fully saturated rings. The molecule has 18 heavy (non-hydrogen) atoms. The normalized spacial score (nSPS) is 14.4. The van der Waals surface area contributed by atoms with Crippen molar-refractivity contribution < 1.29 is 9.90 Å². The summed E-state index contributed by atoms with van der Waals surface area (Å²) < 4.78 is 1.78. The first-order chi connectivity index (χ1) is 8.59. The number of rotatable bonds is 8. The van der Waals surface area contributed by atoms with Crippen LogP contribution in [0.3, 0.4) is 0 Å². The predicted molar refractivity (Wildman–Crippen MR) is 69.3 cm³/mol. The van der Waals surface area contributed by atoms with Gasteiger partial charge in [-0.1, -0.05) is 26.7 Å². The van der Waals surface area contributed by atoms with Crippen molar-refractivity contribution in [2.24, 2.45) is 5.41 Å². The maximum Gasteiger partial charge on any atom is 0.310 e. The van der Waals surface area contributed by atoms with Gasteiger partial charge in [-0.15, -0.1) is 0 Å². The molecule has 0 radical (unpaired) electrons. The van der Waals surface area contributed by atoms with Crippen LogP contribution in [0.2, 0.25) is 0 Å². The second kappa shape index (κ2) is 6.52. The molecule has 0 saturated carbocycles. The molecule has 5 heteroatoms. The molecular formula is C13H23N3O2. The zero-order valence-corrected chi connectivity index (χ0v) is 11.5. The third-order valence-electron chi connectivity index (χ3n) is 3.63. The van der Waals surface area contributed by atoms with E-state index in [1.165, 1.54) is 6.33 Å². The van der Waals surface area contributed by atoms with Crippen molar-refractivity contribution in [3.63, 3.8) is 0 Å². The average molecular weight is 253 g/mol. The molecular weight excluding hydrogens is 230 g/mol. The van der Waals surface area contributed by atoms with Crippen LogP contribution in [0.25, 0.3) is 0 Å². The summed E-state index contributed by atoms with van der Waals surface area (Å²) >= 11 is 0. The second-order valence-electron chi connectivity index (χ2n) is 4.71. The van der Waals surface area contributed by atoms with Crippen molar-refractivity contribution in [1.29, 1.82) is 0 Å². The van der Waals surface area contributed by atoms with E-state index in [1.54, 1.807) is 4.68 Å². The molecule has 1 aromatic heterocycles. The molecule has 0 spiro atoms. The smallest absolute Gasteiger partial charge is 0.310 e. The van der Waals surface area contributed by atoms with Crippen LogP contribution < -0.4 is 0 Å². The summed E-state index contributed by atoms with van der Waals surface area (Å²) in [5.41, 5.74) is -0.698. The van der Waals surface area contributed by atoms with Crippen LogP contribution in [-0.4, -0.2) is 25.8 Å². The third kappa shape index (κ3) is 3.09. The highest BCUT2D eigenvalue weighted by Gasteiger charge is 2.37. The van der Waals surface area contributed by atoms with Crippen LogP contribution in [-0.2, 0) is 17.8 Å². The van der Waals surface area contributed by atoms with Gasteiger partial charge < -0.3 is 5.11 Å². The number of aromatic nitrogens is 3. The number of unbranched alkanes of at least 4 members (excludes halogenated alkanes) is 1. The summed E-state index contributed by atoms with van der Waals surface area (Å²) in [6, 6.07) is 0. The third-order valence-corrected chi connectivity index (χ3v) is 3.63. The highest BCUT2D eigenvalue weighted by molar-refractivity contribution is 5.74. The Bertz CT molecular complexity index is 389. The summed E-state index contributed by atoms with van der Waals surface area (Å²) in [6.45, 7) is 6.73. The van der Waals surface area contributed by atoms with Crippen molar-refractivity contribution in [2.45, 2.75) is 59.4 Å². The number of aliphatic carboxylic acids is 1. The van der Waals surface area contributed by atoms with E-state index in [0.717, 1.165) is 25.2 Å². The molecule has 1 rings (SSSR count). The van der Waals surface area contributed by atoms with E-state index in [-0.39, 0.29) is 0 Å². The lowest BCUT2D eigenvalue weighted by atomic mass is 9.77. The highest BCUT2D eigenvalue weighted by atomic mass is 16.4. The number of carboxylic acid groups (broad SMARTS) is 1. The molecule has 0 aliphatic heterocycles. The van der Waals surface area contributed by atoms with Crippen LogP contribution in [0.4, 0.5) is 0 Å². The van der Waals surface area contributed by atoms with E-state index in [2.05, 4.69) is 17.0 Å². The Morgan fingerprint density at radius 2 is 2.17 bits per heavy atom. The lowest BCUT2D eigenvalue weighted by Crippen LogP contribution is -2.34. The summed E-state index contributed by atoms with van der Waals surface area (Å²) in [4.78, 5) is 15.8. The molecule has 1 aromatic rings. The second-order valence-corrected chi connectivity index (χ2v) is 4.71. The molecule has 102 valence electrons. The fourth-order valence-corrected chi connectivity index (χ4v) is 2.23. The van der Waals surface area contributed by atoms with Crippen molar-refractivity contribution >= 4 is 5.97 Å². The van der Waals surface area contributed by atoms with Crippen LogP contribution in [0, 0.1) is 5.41 Å². The molecule has 0 aromatic carbocycles. The molecule has 0 aliphatic carbocycles. The van der Waals surface area contributed by atoms with Gasteiger partial charge in [0.25, 0.3) is 0 Å². The van der Waals surface area contributed by atoms with E-state index >= 15 is 0 Å². The summed E-state index contributed by atoms with van der Waals surface area (Å²) in [7, 11) is 0. The molecule has 1 unspecified atom stereocenters. The molecule has 1 atom stereocenters. The van der Waals surface area contributed by atoms with Gasteiger partial charge in [0.05, 0.1) is 5.41 Å². The number of carboxylic acids is 1. The number of hydrogen-bond donors (Lipinski definition) is 1. The zero-order chi connectivity index (χ0) is 13.6. The topological polar surface area (TPSA) is 68.0 Å². The standard InChI is InChI=1S/C13H23N3O2/c1-4-7-8-13(5-2,12(17)18)9-11-14-10-15-16(11)6-3/h10H,4-9H2,1-3H3,(H,17,18). The molecule has 0 bridgehead atoms. The monoisotopic (exact) mass is 253 g/mol. The van der Waals surface area contributed by atoms with E-state index in [4.69, 9.17) is 0 Å². The van der Waals surface area contributed by atoms with Gasteiger partial charge in [0.1, 0.15) is 12.2 Å². The van der Waals surface area contributed by atoms with E-state index < -0.39 is 11.4 Å². The van der Waals surface area contributed by atoms with Gasteiger partial charge in [-0.2, -0.15) is 5.10 Å². The number of carbonyl (C=O) groups is 1. The highest BCUT2D eigenvalue weighted by Crippen LogP contribution is 2.33.